The average molecular weight is 250 g/mol. The van der Waals surface area contributed by atoms with Crippen molar-refractivity contribution < 1.29 is 9.47 Å². The van der Waals surface area contributed by atoms with Gasteiger partial charge in [-0.2, -0.15) is 0 Å². The van der Waals surface area contributed by atoms with E-state index < -0.39 is 0 Å². The summed E-state index contributed by atoms with van der Waals surface area (Å²) in [5, 5.41) is 3.55. The lowest BCUT2D eigenvalue weighted by Gasteiger charge is -2.51. The Balaban J connectivity index is 2.13. The van der Waals surface area contributed by atoms with Crippen molar-refractivity contribution in [3.63, 3.8) is 0 Å². The van der Waals surface area contributed by atoms with Gasteiger partial charge in [0.15, 0.2) is 5.75 Å². The van der Waals surface area contributed by atoms with E-state index in [1.807, 2.05) is 13.0 Å². The summed E-state index contributed by atoms with van der Waals surface area (Å²) in [4.78, 5) is 4.24. The fourth-order valence-electron chi connectivity index (χ4n) is 2.54. The molecule has 1 N–H and O–H groups in total. The number of hydrogen-bond acceptors (Lipinski definition) is 4. The lowest BCUT2D eigenvalue weighted by molar-refractivity contribution is -0.0795. The van der Waals surface area contributed by atoms with E-state index >= 15 is 0 Å². The van der Waals surface area contributed by atoms with Crippen LogP contribution in [0.15, 0.2) is 12.3 Å². The highest BCUT2D eigenvalue weighted by Crippen LogP contribution is 2.44. The molecule has 0 amide bonds. The van der Waals surface area contributed by atoms with Crippen molar-refractivity contribution in [2.75, 3.05) is 19.5 Å². The number of anilines is 1. The van der Waals surface area contributed by atoms with Crippen LogP contribution in [0.1, 0.15) is 26.0 Å². The van der Waals surface area contributed by atoms with Gasteiger partial charge in [-0.25, -0.2) is 0 Å². The van der Waals surface area contributed by atoms with Crippen molar-refractivity contribution >= 4 is 5.69 Å². The third-order valence-electron chi connectivity index (χ3n) is 4.02. The van der Waals surface area contributed by atoms with Gasteiger partial charge in [-0.1, -0.05) is 13.8 Å². The normalized spacial score (nSPS) is 25.4. The molecule has 0 radical (unpaired) electrons. The van der Waals surface area contributed by atoms with Gasteiger partial charge >= 0.3 is 0 Å². The minimum absolute atomic E-state index is 0.136. The summed E-state index contributed by atoms with van der Waals surface area (Å²) < 4.78 is 10.8. The van der Waals surface area contributed by atoms with Crippen molar-refractivity contribution in [2.24, 2.45) is 5.41 Å². The SMILES string of the molecule is COc1cnc(C)cc1NC1CC(OC)C1(C)C. The van der Waals surface area contributed by atoms with Crippen LogP contribution in [0.2, 0.25) is 0 Å². The lowest BCUT2D eigenvalue weighted by Crippen LogP contribution is -2.57. The molecule has 1 aliphatic carbocycles. The largest absolute Gasteiger partial charge is 0.493 e. The zero-order chi connectivity index (χ0) is 13.3. The molecule has 1 fully saturated rings. The maximum absolute atomic E-state index is 5.47. The Morgan fingerprint density at radius 1 is 1.39 bits per heavy atom. The van der Waals surface area contributed by atoms with Gasteiger partial charge in [0.1, 0.15) is 0 Å². The molecule has 1 heterocycles. The van der Waals surface area contributed by atoms with E-state index in [0.29, 0.717) is 12.1 Å². The number of hydrogen-bond donors (Lipinski definition) is 1. The van der Waals surface area contributed by atoms with E-state index in [1.165, 1.54) is 0 Å². The van der Waals surface area contributed by atoms with Gasteiger partial charge in [0.25, 0.3) is 0 Å². The molecule has 0 aliphatic heterocycles. The predicted octanol–water partition coefficient (Wildman–Crippen LogP) is 2.62. The summed E-state index contributed by atoms with van der Waals surface area (Å²) in [5.74, 6) is 0.789. The minimum Gasteiger partial charge on any atom is -0.493 e. The highest BCUT2D eigenvalue weighted by atomic mass is 16.5. The Morgan fingerprint density at radius 3 is 2.67 bits per heavy atom. The molecular weight excluding hydrogens is 228 g/mol. The van der Waals surface area contributed by atoms with Crippen LogP contribution in [0.25, 0.3) is 0 Å². The number of rotatable bonds is 4. The molecule has 2 atom stereocenters. The van der Waals surface area contributed by atoms with Crippen molar-refractivity contribution in [1.29, 1.82) is 0 Å². The summed E-state index contributed by atoms with van der Waals surface area (Å²) in [6.45, 7) is 6.43. The first-order valence-corrected chi connectivity index (χ1v) is 6.29. The van der Waals surface area contributed by atoms with Crippen molar-refractivity contribution in [2.45, 2.75) is 39.3 Å². The number of nitrogens with zero attached hydrogens (tertiary/aromatic N) is 1. The van der Waals surface area contributed by atoms with Gasteiger partial charge in [0.2, 0.25) is 0 Å². The molecular formula is C14H22N2O2. The Bertz CT molecular complexity index is 432. The summed E-state index contributed by atoms with van der Waals surface area (Å²) in [6, 6.07) is 2.42. The summed E-state index contributed by atoms with van der Waals surface area (Å²) in [5.41, 5.74) is 2.13. The Morgan fingerprint density at radius 2 is 2.11 bits per heavy atom. The van der Waals surface area contributed by atoms with Gasteiger partial charge in [-0.05, 0) is 19.4 Å². The zero-order valence-electron chi connectivity index (χ0n) is 11.8. The second-order valence-electron chi connectivity index (χ2n) is 5.50. The molecule has 0 spiro atoms. The van der Waals surface area contributed by atoms with Crippen LogP contribution in [0.5, 0.6) is 5.75 Å². The van der Waals surface area contributed by atoms with Crippen LogP contribution in [-0.2, 0) is 4.74 Å². The van der Waals surface area contributed by atoms with E-state index in [1.54, 1.807) is 20.4 Å². The Labute approximate surface area is 109 Å². The molecule has 1 aliphatic rings. The molecule has 1 aromatic rings. The van der Waals surface area contributed by atoms with Crippen molar-refractivity contribution in [3.05, 3.63) is 18.0 Å². The van der Waals surface area contributed by atoms with Gasteiger partial charge in [0, 0.05) is 24.3 Å². The van der Waals surface area contributed by atoms with E-state index in [0.717, 1.165) is 23.6 Å². The van der Waals surface area contributed by atoms with E-state index in [-0.39, 0.29) is 5.41 Å². The van der Waals surface area contributed by atoms with E-state index in [2.05, 4.69) is 24.1 Å². The van der Waals surface area contributed by atoms with E-state index in [4.69, 9.17) is 9.47 Å². The first-order valence-electron chi connectivity index (χ1n) is 6.29. The van der Waals surface area contributed by atoms with Crippen LogP contribution in [-0.4, -0.2) is 31.3 Å². The average Bonchev–Trinajstić information content (AvgIpc) is 2.34. The molecule has 2 unspecified atom stereocenters. The molecule has 1 saturated carbocycles. The molecule has 0 bridgehead atoms. The molecule has 0 aromatic carbocycles. The van der Waals surface area contributed by atoms with Crippen LogP contribution in [0, 0.1) is 12.3 Å². The van der Waals surface area contributed by atoms with Gasteiger partial charge in [-0.3, -0.25) is 4.98 Å². The maximum Gasteiger partial charge on any atom is 0.160 e. The Hall–Kier alpha value is -1.29. The number of aromatic nitrogens is 1. The standard InChI is InChI=1S/C14H22N2O2/c1-9-6-10(11(17-4)8-15-9)16-12-7-13(18-5)14(12,2)3/h6,8,12-13H,7H2,1-5H3,(H,15,16). The minimum atomic E-state index is 0.136. The van der Waals surface area contributed by atoms with E-state index in [9.17, 15) is 0 Å². The summed E-state index contributed by atoms with van der Waals surface area (Å²) in [7, 11) is 3.45. The smallest absolute Gasteiger partial charge is 0.160 e. The number of nitrogens with one attached hydrogen (secondary N) is 1. The first-order chi connectivity index (χ1) is 8.48. The Kier molecular flexibility index (Phi) is 3.48. The number of methoxy groups -OCH3 is 2. The van der Waals surface area contributed by atoms with Crippen LogP contribution in [0.3, 0.4) is 0 Å². The molecule has 4 heteroatoms. The summed E-state index contributed by atoms with van der Waals surface area (Å²) >= 11 is 0. The lowest BCUT2D eigenvalue weighted by atomic mass is 9.64. The number of pyridine rings is 1. The fourth-order valence-corrected chi connectivity index (χ4v) is 2.54. The second kappa shape index (κ2) is 4.76. The molecule has 0 saturated heterocycles. The van der Waals surface area contributed by atoms with Crippen LogP contribution < -0.4 is 10.1 Å². The highest BCUT2D eigenvalue weighted by molar-refractivity contribution is 5.57. The molecule has 4 nitrogen and oxygen atoms in total. The predicted molar refractivity (Wildman–Crippen MR) is 72.1 cm³/mol. The quantitative estimate of drug-likeness (QED) is 0.892. The summed E-state index contributed by atoms with van der Waals surface area (Å²) in [6.07, 6.45) is 3.11. The highest BCUT2D eigenvalue weighted by Gasteiger charge is 2.48. The van der Waals surface area contributed by atoms with Crippen LogP contribution in [0.4, 0.5) is 5.69 Å². The zero-order valence-corrected chi connectivity index (χ0v) is 11.8. The second-order valence-corrected chi connectivity index (χ2v) is 5.50. The van der Waals surface area contributed by atoms with Crippen molar-refractivity contribution in [3.8, 4) is 5.75 Å². The molecule has 100 valence electrons. The third kappa shape index (κ3) is 2.17. The molecule has 18 heavy (non-hydrogen) atoms. The van der Waals surface area contributed by atoms with Crippen LogP contribution >= 0.6 is 0 Å². The number of aryl methyl sites for hydroxylation is 1. The monoisotopic (exact) mass is 250 g/mol. The topological polar surface area (TPSA) is 43.4 Å². The maximum atomic E-state index is 5.47. The van der Waals surface area contributed by atoms with Gasteiger partial charge < -0.3 is 14.8 Å². The number of ether oxygens (including phenoxy) is 2. The first kappa shape index (κ1) is 13.1. The van der Waals surface area contributed by atoms with Gasteiger partial charge in [0.05, 0.1) is 25.1 Å². The third-order valence-corrected chi connectivity index (χ3v) is 4.02. The van der Waals surface area contributed by atoms with Gasteiger partial charge in [-0.15, -0.1) is 0 Å². The van der Waals surface area contributed by atoms with Crippen molar-refractivity contribution in [1.82, 2.24) is 4.98 Å². The molecule has 1 aromatic heterocycles. The fraction of sp³-hybridized carbons (Fsp3) is 0.643. The molecule has 2 rings (SSSR count).